The summed E-state index contributed by atoms with van der Waals surface area (Å²) in [5.41, 5.74) is 0. The molecular formula is C20H29F10NO2. The number of alkyl halides is 10. The van der Waals surface area contributed by atoms with Gasteiger partial charge in [0, 0.05) is 26.1 Å². The average Bonchev–Trinajstić information content (AvgIpc) is 2.67. The highest BCUT2D eigenvalue weighted by Crippen LogP contribution is 2.40. The summed E-state index contributed by atoms with van der Waals surface area (Å²) >= 11 is 0. The molecule has 13 heteroatoms. The minimum atomic E-state index is -5.56. The Balaban J connectivity index is 3.97. The second-order valence-electron chi connectivity index (χ2n) is 7.57. The fourth-order valence-corrected chi connectivity index (χ4v) is 2.70. The highest BCUT2D eigenvalue weighted by Gasteiger charge is 2.57. The zero-order valence-electron chi connectivity index (χ0n) is 18.0. The summed E-state index contributed by atoms with van der Waals surface area (Å²) in [6.07, 6.45) is -12.9. The molecule has 0 aromatic heterocycles. The Morgan fingerprint density at radius 2 is 0.939 bits per heavy atom. The molecule has 0 aliphatic rings. The summed E-state index contributed by atoms with van der Waals surface area (Å²) < 4.78 is 134. The van der Waals surface area contributed by atoms with Crippen LogP contribution in [-0.2, 0) is 9.47 Å². The van der Waals surface area contributed by atoms with Gasteiger partial charge in [0.25, 0.3) is 0 Å². The predicted octanol–water partition coefficient (Wildman–Crippen LogP) is 7.95. The minimum Gasteiger partial charge on any atom is -0.352 e. The summed E-state index contributed by atoms with van der Waals surface area (Å²) in [6, 6.07) is 0. The van der Waals surface area contributed by atoms with Crippen molar-refractivity contribution in [2.75, 3.05) is 19.8 Å². The molecule has 0 saturated carbocycles. The van der Waals surface area contributed by atoms with E-state index >= 15 is 0 Å². The van der Waals surface area contributed by atoms with Crippen molar-refractivity contribution in [2.45, 2.75) is 101 Å². The fraction of sp³-hybridized carbons (Fsp3) is 0.950. The highest BCUT2D eigenvalue weighted by molar-refractivity contribution is 4.76. The lowest BCUT2D eigenvalue weighted by Gasteiger charge is -2.19. The number of hydrogen-bond donors (Lipinski definition) is 0. The van der Waals surface area contributed by atoms with Gasteiger partial charge in [-0.05, 0) is 25.7 Å². The highest BCUT2D eigenvalue weighted by atomic mass is 19.4. The summed E-state index contributed by atoms with van der Waals surface area (Å²) in [7, 11) is 0. The molecule has 33 heavy (non-hydrogen) atoms. The Kier molecular flexibility index (Phi) is 14.3. The predicted molar refractivity (Wildman–Crippen MR) is 100.0 cm³/mol. The summed E-state index contributed by atoms with van der Waals surface area (Å²) in [4.78, 5) is 3.16. The van der Waals surface area contributed by atoms with E-state index in [1.807, 2.05) is 0 Å². The van der Waals surface area contributed by atoms with E-state index in [0.29, 0.717) is 25.7 Å². The number of unbranched alkanes of at least 4 members (excludes halogenated alkanes) is 6. The van der Waals surface area contributed by atoms with Crippen LogP contribution in [0.25, 0.3) is 4.85 Å². The monoisotopic (exact) mass is 505 g/mol. The van der Waals surface area contributed by atoms with Crippen LogP contribution in [0.4, 0.5) is 43.9 Å². The smallest absolute Gasteiger partial charge is 0.352 e. The Labute approximate surface area is 186 Å². The van der Waals surface area contributed by atoms with Crippen LogP contribution in [0.1, 0.15) is 70.6 Å². The maximum absolute atomic E-state index is 12.8. The van der Waals surface area contributed by atoms with Crippen molar-refractivity contribution in [3.63, 3.8) is 0 Å². The first-order chi connectivity index (χ1) is 15.1. The topological polar surface area (TPSA) is 22.8 Å². The van der Waals surface area contributed by atoms with E-state index < -0.39 is 43.3 Å². The minimum absolute atomic E-state index is 0.101. The maximum Gasteiger partial charge on any atom is 0.453 e. The first-order valence-corrected chi connectivity index (χ1v) is 10.6. The van der Waals surface area contributed by atoms with Crippen LogP contribution in [0.2, 0.25) is 0 Å². The van der Waals surface area contributed by atoms with Gasteiger partial charge in [-0.2, -0.15) is 43.9 Å². The zero-order valence-corrected chi connectivity index (χ0v) is 18.0. The van der Waals surface area contributed by atoms with Gasteiger partial charge < -0.3 is 14.3 Å². The molecule has 0 aliphatic heterocycles. The van der Waals surface area contributed by atoms with Crippen LogP contribution >= 0.6 is 0 Å². The largest absolute Gasteiger partial charge is 0.453 e. The van der Waals surface area contributed by atoms with Gasteiger partial charge in [0.1, 0.15) is 0 Å². The zero-order chi connectivity index (χ0) is 25.6. The van der Waals surface area contributed by atoms with Crippen molar-refractivity contribution in [3.8, 4) is 0 Å². The van der Waals surface area contributed by atoms with Gasteiger partial charge in [-0.15, -0.1) is 0 Å². The van der Waals surface area contributed by atoms with Crippen LogP contribution in [0, 0.1) is 6.57 Å². The Morgan fingerprint density at radius 3 is 1.27 bits per heavy atom. The lowest BCUT2D eigenvalue weighted by molar-refractivity contribution is -0.284. The molecule has 0 bridgehead atoms. The molecular weight excluding hydrogens is 476 g/mol. The molecule has 0 saturated heterocycles. The molecule has 0 radical (unpaired) electrons. The van der Waals surface area contributed by atoms with Gasteiger partial charge in [-0.25, -0.2) is 6.57 Å². The number of hydrogen-bond acceptors (Lipinski definition) is 2. The molecule has 0 heterocycles. The van der Waals surface area contributed by atoms with E-state index in [1.54, 1.807) is 0 Å². The van der Waals surface area contributed by atoms with E-state index in [2.05, 4.69) is 4.85 Å². The summed E-state index contributed by atoms with van der Waals surface area (Å²) in [6.45, 7) is 7.18. The molecule has 196 valence electrons. The molecule has 0 N–H and O–H groups in total. The number of halogens is 10. The van der Waals surface area contributed by atoms with Gasteiger partial charge in [-0.1, -0.05) is 25.7 Å². The summed E-state index contributed by atoms with van der Waals surface area (Å²) in [5, 5.41) is 0. The fourth-order valence-electron chi connectivity index (χ4n) is 2.70. The number of nitrogens with zero attached hydrogens (tertiary/aromatic N) is 1. The van der Waals surface area contributed by atoms with Gasteiger partial charge in [0.2, 0.25) is 6.54 Å². The molecule has 0 rings (SSSR count). The third-order valence-electron chi connectivity index (χ3n) is 4.68. The molecule has 0 amide bonds. The van der Waals surface area contributed by atoms with Gasteiger partial charge >= 0.3 is 24.2 Å². The number of ether oxygens (including phenoxy) is 2. The maximum atomic E-state index is 12.8. The van der Waals surface area contributed by atoms with Crippen LogP contribution in [0.3, 0.4) is 0 Å². The molecule has 0 aromatic rings. The van der Waals surface area contributed by atoms with Gasteiger partial charge in [0.05, 0.1) is 6.42 Å². The lowest BCUT2D eigenvalue weighted by Crippen LogP contribution is -2.36. The third kappa shape index (κ3) is 13.9. The average molecular weight is 505 g/mol. The molecule has 0 fully saturated rings. The number of rotatable bonds is 18. The van der Waals surface area contributed by atoms with Crippen molar-refractivity contribution in [1.29, 1.82) is 0 Å². The van der Waals surface area contributed by atoms with Crippen LogP contribution in [0.15, 0.2) is 0 Å². The Bertz CT molecular complexity index is 519. The van der Waals surface area contributed by atoms with Crippen molar-refractivity contribution in [2.24, 2.45) is 0 Å². The van der Waals surface area contributed by atoms with Crippen molar-refractivity contribution in [1.82, 2.24) is 0 Å². The first kappa shape index (κ1) is 31.7. The van der Waals surface area contributed by atoms with Crippen LogP contribution < -0.4 is 0 Å². The molecule has 0 aliphatic carbocycles. The standard InChI is InChI=1S/C20H29F10NO2/c1-31-13-10-16(32-14-8-4-2-6-11-17(21,22)19(25,26)27)33-15-9-5-3-7-12-18(23,24)20(28,29)30/h16H,2-15H2. The van der Waals surface area contributed by atoms with E-state index in [0.717, 1.165) is 0 Å². The van der Waals surface area contributed by atoms with Gasteiger partial charge in [0.15, 0.2) is 6.29 Å². The molecule has 0 atom stereocenters. The second kappa shape index (κ2) is 14.9. The van der Waals surface area contributed by atoms with E-state index in [9.17, 15) is 43.9 Å². The Morgan fingerprint density at radius 1 is 0.576 bits per heavy atom. The van der Waals surface area contributed by atoms with Crippen LogP contribution in [-0.4, -0.2) is 50.2 Å². The molecule has 0 spiro atoms. The SMILES string of the molecule is [C-]#[N+]CCC(OCCCCCCC(F)(F)C(F)(F)F)OCCCCCCC(F)(F)C(F)(F)F. The Hall–Kier alpha value is -1.29. The molecule has 3 nitrogen and oxygen atoms in total. The normalized spacial score (nSPS) is 13.5. The van der Waals surface area contributed by atoms with Crippen molar-refractivity contribution < 1.29 is 53.4 Å². The van der Waals surface area contributed by atoms with E-state index in [1.165, 1.54) is 0 Å². The van der Waals surface area contributed by atoms with E-state index in [-0.39, 0.29) is 51.9 Å². The quantitative estimate of drug-likeness (QED) is 0.0817. The van der Waals surface area contributed by atoms with E-state index in [4.69, 9.17) is 16.0 Å². The first-order valence-electron chi connectivity index (χ1n) is 10.6. The third-order valence-corrected chi connectivity index (χ3v) is 4.68. The molecule has 0 unspecified atom stereocenters. The van der Waals surface area contributed by atoms with Crippen molar-refractivity contribution >= 4 is 0 Å². The summed E-state index contributed by atoms with van der Waals surface area (Å²) in [5.74, 6) is -9.41. The van der Waals surface area contributed by atoms with Gasteiger partial charge in [-0.3, -0.25) is 0 Å². The van der Waals surface area contributed by atoms with Crippen LogP contribution in [0.5, 0.6) is 0 Å². The van der Waals surface area contributed by atoms with Crippen molar-refractivity contribution in [3.05, 3.63) is 11.4 Å². The molecule has 0 aromatic carbocycles. The second-order valence-corrected chi connectivity index (χ2v) is 7.57. The lowest BCUT2D eigenvalue weighted by atomic mass is 10.1.